The molecule has 0 spiro atoms. The highest BCUT2D eigenvalue weighted by atomic mass is 32.1. The average Bonchev–Trinajstić information content (AvgIpc) is 3.23. The Morgan fingerprint density at radius 1 is 1.10 bits per heavy atom. The van der Waals surface area contributed by atoms with Crippen LogP contribution in [0.25, 0.3) is 5.57 Å². The van der Waals surface area contributed by atoms with Crippen molar-refractivity contribution in [2.24, 2.45) is 0 Å². The summed E-state index contributed by atoms with van der Waals surface area (Å²) in [6, 6.07) is 16.5. The van der Waals surface area contributed by atoms with E-state index >= 15 is 0 Å². The van der Waals surface area contributed by atoms with Crippen molar-refractivity contribution in [3.63, 3.8) is 0 Å². The van der Waals surface area contributed by atoms with E-state index in [4.69, 9.17) is 0 Å². The lowest BCUT2D eigenvalue weighted by Gasteiger charge is -2.25. The molecule has 1 aliphatic rings. The topological polar surface area (TPSA) is 58.1 Å². The molecule has 148 valence electrons. The Hall–Kier alpha value is -2.90. The van der Waals surface area contributed by atoms with Crippen LogP contribution in [0.1, 0.15) is 32.4 Å². The average molecular weight is 409 g/mol. The minimum Gasteiger partial charge on any atom is -0.346 e. The highest BCUT2D eigenvalue weighted by Gasteiger charge is 2.17. The van der Waals surface area contributed by atoms with E-state index in [-0.39, 0.29) is 11.7 Å². The van der Waals surface area contributed by atoms with E-state index in [0.29, 0.717) is 18.1 Å². The van der Waals surface area contributed by atoms with Crippen LogP contribution in [0, 0.1) is 5.82 Å². The first-order valence-electron chi connectivity index (χ1n) is 9.49. The number of carbonyl (C=O) groups is 1. The fourth-order valence-corrected chi connectivity index (χ4v) is 4.03. The van der Waals surface area contributed by atoms with Crippen LogP contribution in [0.3, 0.4) is 0 Å². The molecule has 1 aromatic heterocycles. The van der Waals surface area contributed by atoms with Gasteiger partial charge < -0.3 is 5.32 Å². The molecule has 7 heteroatoms. The summed E-state index contributed by atoms with van der Waals surface area (Å²) in [5, 5.41) is 12.2. The molecular weight excluding hydrogens is 387 g/mol. The summed E-state index contributed by atoms with van der Waals surface area (Å²) in [7, 11) is 0. The summed E-state index contributed by atoms with van der Waals surface area (Å²) in [6.07, 6.45) is 3.25. The first kappa shape index (κ1) is 19.4. The first-order chi connectivity index (χ1) is 14.2. The molecular formula is C22H21FN4OS. The van der Waals surface area contributed by atoms with Crippen LogP contribution in [0.2, 0.25) is 0 Å². The predicted octanol–water partition coefficient (Wildman–Crippen LogP) is 3.90. The third-order valence-corrected chi connectivity index (χ3v) is 5.73. The standard InChI is InChI=1S/C22H21FN4OS/c23-19-8-6-16(7-9-19)14-24-21(28)22-26-25-20(29-22)15-27-12-10-18(11-13-27)17-4-2-1-3-5-17/h1-10H,11-15H2,(H,24,28). The summed E-state index contributed by atoms with van der Waals surface area (Å²) >= 11 is 1.31. The second-order valence-electron chi connectivity index (χ2n) is 6.89. The lowest BCUT2D eigenvalue weighted by molar-refractivity contribution is 0.0950. The van der Waals surface area contributed by atoms with E-state index in [2.05, 4.69) is 50.8 Å². The molecule has 0 fully saturated rings. The number of halogens is 1. The van der Waals surface area contributed by atoms with Gasteiger partial charge in [-0.05, 0) is 35.3 Å². The van der Waals surface area contributed by atoms with Crippen LogP contribution < -0.4 is 5.32 Å². The van der Waals surface area contributed by atoms with Crippen LogP contribution >= 0.6 is 11.3 Å². The van der Waals surface area contributed by atoms with Gasteiger partial charge in [0.2, 0.25) is 5.01 Å². The largest absolute Gasteiger partial charge is 0.346 e. The van der Waals surface area contributed by atoms with Crippen molar-refractivity contribution in [3.8, 4) is 0 Å². The summed E-state index contributed by atoms with van der Waals surface area (Å²) < 4.78 is 12.9. The Kier molecular flexibility index (Phi) is 6.07. The Bertz CT molecular complexity index is 1000. The van der Waals surface area contributed by atoms with E-state index in [0.717, 1.165) is 30.1 Å². The number of aromatic nitrogens is 2. The molecule has 0 radical (unpaired) electrons. The molecule has 2 heterocycles. The minimum atomic E-state index is -0.294. The molecule has 2 aromatic carbocycles. The van der Waals surface area contributed by atoms with Gasteiger partial charge in [0.25, 0.3) is 5.91 Å². The summed E-state index contributed by atoms with van der Waals surface area (Å²) in [4.78, 5) is 14.6. The summed E-state index contributed by atoms with van der Waals surface area (Å²) in [6.45, 7) is 2.82. The molecule has 0 bridgehead atoms. The van der Waals surface area contributed by atoms with Crippen molar-refractivity contribution in [2.75, 3.05) is 13.1 Å². The maximum absolute atomic E-state index is 12.9. The van der Waals surface area contributed by atoms with Crippen molar-refractivity contribution in [1.82, 2.24) is 20.4 Å². The van der Waals surface area contributed by atoms with E-state index < -0.39 is 0 Å². The Morgan fingerprint density at radius 3 is 2.62 bits per heavy atom. The summed E-state index contributed by atoms with van der Waals surface area (Å²) in [5.41, 5.74) is 3.49. The van der Waals surface area contributed by atoms with Gasteiger partial charge in [0.15, 0.2) is 0 Å². The van der Waals surface area contributed by atoms with Crippen LogP contribution in [0.15, 0.2) is 60.7 Å². The van der Waals surface area contributed by atoms with Gasteiger partial charge in [-0.2, -0.15) is 0 Å². The number of nitrogens with zero attached hydrogens (tertiary/aromatic N) is 3. The second kappa shape index (κ2) is 9.07. The highest BCUT2D eigenvalue weighted by molar-refractivity contribution is 7.13. The Labute approximate surface area is 172 Å². The predicted molar refractivity (Wildman–Crippen MR) is 112 cm³/mol. The van der Waals surface area contributed by atoms with Crippen LogP contribution in [0.5, 0.6) is 0 Å². The zero-order valence-electron chi connectivity index (χ0n) is 15.8. The molecule has 1 amide bonds. The third kappa shape index (κ3) is 5.13. The highest BCUT2D eigenvalue weighted by Crippen LogP contribution is 2.23. The van der Waals surface area contributed by atoms with Crippen LogP contribution in [-0.4, -0.2) is 34.1 Å². The maximum Gasteiger partial charge on any atom is 0.282 e. The SMILES string of the molecule is O=C(NCc1ccc(F)cc1)c1nnc(CN2CC=C(c3ccccc3)CC2)s1. The molecule has 29 heavy (non-hydrogen) atoms. The number of hydrogen-bond acceptors (Lipinski definition) is 5. The number of rotatable bonds is 6. The monoisotopic (exact) mass is 408 g/mol. The third-order valence-electron chi connectivity index (χ3n) is 4.82. The van der Waals surface area contributed by atoms with E-state index in [9.17, 15) is 9.18 Å². The molecule has 1 aliphatic heterocycles. The molecule has 0 saturated carbocycles. The van der Waals surface area contributed by atoms with Gasteiger partial charge in [-0.15, -0.1) is 10.2 Å². The molecule has 0 saturated heterocycles. The van der Waals surface area contributed by atoms with Gasteiger partial charge in [-0.25, -0.2) is 4.39 Å². The van der Waals surface area contributed by atoms with Crippen LogP contribution in [0.4, 0.5) is 4.39 Å². The lowest BCUT2D eigenvalue weighted by atomic mass is 10.00. The number of benzene rings is 2. The minimum absolute atomic E-state index is 0.261. The maximum atomic E-state index is 12.9. The molecule has 0 unspecified atom stereocenters. The van der Waals surface area contributed by atoms with E-state index in [1.807, 2.05) is 6.07 Å². The Balaban J connectivity index is 1.29. The lowest BCUT2D eigenvalue weighted by Crippen LogP contribution is -2.28. The molecule has 4 rings (SSSR count). The van der Waals surface area contributed by atoms with Gasteiger partial charge in [-0.3, -0.25) is 9.69 Å². The molecule has 0 atom stereocenters. The molecule has 3 aromatic rings. The van der Waals surface area contributed by atoms with Gasteiger partial charge in [0.1, 0.15) is 10.8 Å². The molecule has 1 N–H and O–H groups in total. The number of hydrogen-bond donors (Lipinski definition) is 1. The van der Waals surface area contributed by atoms with E-state index in [1.165, 1.54) is 34.6 Å². The van der Waals surface area contributed by atoms with Gasteiger partial charge in [-0.1, -0.05) is 59.9 Å². The normalized spacial score (nSPS) is 14.4. The quantitative estimate of drug-likeness (QED) is 0.672. The number of amides is 1. The van der Waals surface area contributed by atoms with Crippen molar-refractivity contribution in [3.05, 3.63) is 87.6 Å². The number of carbonyl (C=O) groups excluding carboxylic acids is 1. The zero-order valence-corrected chi connectivity index (χ0v) is 16.7. The fourth-order valence-electron chi connectivity index (χ4n) is 3.23. The first-order valence-corrected chi connectivity index (χ1v) is 10.3. The Morgan fingerprint density at radius 2 is 1.90 bits per heavy atom. The van der Waals surface area contributed by atoms with Crippen LogP contribution in [-0.2, 0) is 13.1 Å². The molecule has 5 nitrogen and oxygen atoms in total. The van der Waals surface area contributed by atoms with Gasteiger partial charge in [0, 0.05) is 19.6 Å². The van der Waals surface area contributed by atoms with Gasteiger partial charge in [0.05, 0.1) is 6.54 Å². The van der Waals surface area contributed by atoms with Crippen molar-refractivity contribution < 1.29 is 9.18 Å². The van der Waals surface area contributed by atoms with Crippen molar-refractivity contribution in [1.29, 1.82) is 0 Å². The zero-order chi connectivity index (χ0) is 20.1. The second-order valence-corrected chi connectivity index (χ2v) is 7.95. The fraction of sp³-hybridized carbons (Fsp3) is 0.227. The molecule has 0 aliphatic carbocycles. The summed E-state index contributed by atoms with van der Waals surface area (Å²) in [5.74, 6) is -0.555. The number of nitrogens with one attached hydrogen (secondary N) is 1. The smallest absolute Gasteiger partial charge is 0.282 e. The van der Waals surface area contributed by atoms with E-state index in [1.54, 1.807) is 12.1 Å². The van der Waals surface area contributed by atoms with Crippen molar-refractivity contribution in [2.45, 2.75) is 19.5 Å². The van der Waals surface area contributed by atoms with Gasteiger partial charge >= 0.3 is 0 Å². The van der Waals surface area contributed by atoms with Crippen molar-refractivity contribution >= 4 is 22.8 Å².